The number of carbonyl (C=O) groups excluding carboxylic acids is 1. The van der Waals surface area contributed by atoms with Crippen molar-refractivity contribution in [1.82, 2.24) is 20.0 Å². The van der Waals surface area contributed by atoms with Crippen LogP contribution >= 0.6 is 11.3 Å². The second kappa shape index (κ2) is 9.70. The van der Waals surface area contributed by atoms with Gasteiger partial charge in [0, 0.05) is 43.4 Å². The Morgan fingerprint density at radius 3 is 2.68 bits per heavy atom. The van der Waals surface area contributed by atoms with Gasteiger partial charge in [-0.3, -0.25) is 9.69 Å². The Labute approximate surface area is 186 Å². The first-order chi connectivity index (χ1) is 14.9. The summed E-state index contributed by atoms with van der Waals surface area (Å²) in [7, 11) is 0. The van der Waals surface area contributed by atoms with Crippen molar-refractivity contribution in [3.8, 4) is 11.4 Å². The summed E-state index contributed by atoms with van der Waals surface area (Å²) in [6, 6.07) is 7.94. The molecule has 2 atom stereocenters. The number of nitrogens with zero attached hydrogens (tertiary/aromatic N) is 4. The molecule has 1 aromatic carbocycles. The second-order valence-electron chi connectivity index (χ2n) is 8.71. The standard InChI is InChI=1S/C23H29N5O2S/c1-15-4-6-18(7-5-15)22-26-21(30-27-22)9-8-20(29)25-23-24-19(14-31-23)13-28-11-16(2)10-17(3)12-28/h4-7,14,16-17H,8-13H2,1-3H3,(H,24,25,29)/t16-,17+. The van der Waals surface area contributed by atoms with Crippen LogP contribution in [0, 0.1) is 18.8 Å². The summed E-state index contributed by atoms with van der Waals surface area (Å²) in [6.07, 6.45) is 1.96. The SMILES string of the molecule is Cc1ccc(-c2noc(CCC(=O)Nc3nc(CN4C[C@H](C)C[C@H](C)C4)cs3)n2)cc1. The Morgan fingerprint density at radius 1 is 1.19 bits per heavy atom. The minimum Gasteiger partial charge on any atom is -0.339 e. The molecule has 0 saturated carbocycles. The number of likely N-dealkylation sites (tertiary alicyclic amines) is 1. The van der Waals surface area contributed by atoms with E-state index in [4.69, 9.17) is 4.52 Å². The van der Waals surface area contributed by atoms with E-state index >= 15 is 0 Å². The summed E-state index contributed by atoms with van der Waals surface area (Å²) in [4.78, 5) is 23.8. The van der Waals surface area contributed by atoms with Crippen molar-refractivity contribution < 1.29 is 9.32 Å². The predicted octanol–water partition coefficient (Wildman–Crippen LogP) is 4.55. The van der Waals surface area contributed by atoms with Crippen LogP contribution in [0.25, 0.3) is 11.4 Å². The molecule has 3 heterocycles. The van der Waals surface area contributed by atoms with Crippen LogP contribution in [0.1, 0.15) is 43.8 Å². The average molecular weight is 440 g/mol. The third-order valence-corrected chi connectivity index (χ3v) is 6.28. The minimum absolute atomic E-state index is 0.101. The van der Waals surface area contributed by atoms with Gasteiger partial charge in [0.1, 0.15) is 0 Å². The Kier molecular flexibility index (Phi) is 6.77. The molecular weight excluding hydrogens is 410 g/mol. The van der Waals surface area contributed by atoms with Crippen molar-refractivity contribution in [2.75, 3.05) is 18.4 Å². The highest BCUT2D eigenvalue weighted by Crippen LogP contribution is 2.24. The summed E-state index contributed by atoms with van der Waals surface area (Å²) in [5.74, 6) is 2.34. The molecule has 8 heteroatoms. The molecule has 7 nitrogen and oxygen atoms in total. The third-order valence-electron chi connectivity index (χ3n) is 5.47. The Hall–Kier alpha value is -2.58. The molecule has 2 aromatic heterocycles. The normalized spacial score (nSPS) is 19.5. The first kappa shape index (κ1) is 21.6. The lowest BCUT2D eigenvalue weighted by molar-refractivity contribution is -0.116. The lowest BCUT2D eigenvalue weighted by Crippen LogP contribution is -2.38. The number of benzene rings is 1. The number of nitrogens with one attached hydrogen (secondary N) is 1. The number of hydrogen-bond donors (Lipinski definition) is 1. The third kappa shape index (κ3) is 5.98. The van der Waals surface area contributed by atoms with Gasteiger partial charge in [-0.25, -0.2) is 4.98 Å². The van der Waals surface area contributed by atoms with E-state index in [-0.39, 0.29) is 12.3 Å². The zero-order chi connectivity index (χ0) is 21.8. The molecule has 1 N–H and O–H groups in total. The summed E-state index contributed by atoms with van der Waals surface area (Å²) in [6.45, 7) is 9.70. The zero-order valence-electron chi connectivity index (χ0n) is 18.3. The largest absolute Gasteiger partial charge is 0.339 e. The summed E-state index contributed by atoms with van der Waals surface area (Å²) < 4.78 is 5.30. The molecule has 1 fully saturated rings. The van der Waals surface area contributed by atoms with E-state index in [0.29, 0.717) is 23.3 Å². The van der Waals surface area contributed by atoms with Crippen LogP contribution in [0.2, 0.25) is 0 Å². The van der Waals surface area contributed by atoms with Gasteiger partial charge in [0.15, 0.2) is 5.13 Å². The zero-order valence-corrected chi connectivity index (χ0v) is 19.1. The molecule has 0 radical (unpaired) electrons. The molecule has 0 spiro atoms. The van der Waals surface area contributed by atoms with Crippen LogP contribution in [0.15, 0.2) is 34.2 Å². The molecule has 1 aliphatic rings. The number of piperidine rings is 1. The van der Waals surface area contributed by atoms with E-state index in [0.717, 1.165) is 42.7 Å². The van der Waals surface area contributed by atoms with Gasteiger partial charge in [-0.1, -0.05) is 48.8 Å². The van der Waals surface area contributed by atoms with E-state index in [2.05, 4.69) is 39.2 Å². The Balaban J connectivity index is 1.25. The number of anilines is 1. The van der Waals surface area contributed by atoms with E-state index in [1.165, 1.54) is 23.3 Å². The first-order valence-corrected chi connectivity index (χ1v) is 11.7. The molecule has 1 amide bonds. The molecule has 31 heavy (non-hydrogen) atoms. The number of aryl methyl sites for hydroxylation is 2. The highest BCUT2D eigenvalue weighted by Gasteiger charge is 2.22. The Morgan fingerprint density at radius 2 is 1.94 bits per heavy atom. The van der Waals surface area contributed by atoms with E-state index in [9.17, 15) is 4.79 Å². The fourth-order valence-electron chi connectivity index (χ4n) is 4.17. The van der Waals surface area contributed by atoms with E-state index in [1.54, 1.807) is 0 Å². The topological polar surface area (TPSA) is 84.2 Å². The van der Waals surface area contributed by atoms with Crippen LogP contribution in [0.3, 0.4) is 0 Å². The number of thiazole rings is 1. The molecule has 1 saturated heterocycles. The van der Waals surface area contributed by atoms with Gasteiger partial charge in [0.05, 0.1) is 5.69 Å². The maximum atomic E-state index is 12.3. The molecule has 1 aliphatic heterocycles. The van der Waals surface area contributed by atoms with Gasteiger partial charge >= 0.3 is 0 Å². The van der Waals surface area contributed by atoms with Crippen LogP contribution in [0.4, 0.5) is 5.13 Å². The van der Waals surface area contributed by atoms with Gasteiger partial charge < -0.3 is 9.84 Å². The number of aromatic nitrogens is 3. The Bertz CT molecular complexity index is 1000. The monoisotopic (exact) mass is 439 g/mol. The van der Waals surface area contributed by atoms with Gasteiger partial charge in [-0.05, 0) is 25.2 Å². The lowest BCUT2D eigenvalue weighted by Gasteiger charge is -2.34. The molecule has 0 bridgehead atoms. The van der Waals surface area contributed by atoms with Crippen molar-refractivity contribution in [2.24, 2.45) is 11.8 Å². The first-order valence-electron chi connectivity index (χ1n) is 10.8. The van der Waals surface area contributed by atoms with Crippen LogP contribution in [-0.4, -0.2) is 39.0 Å². The molecular formula is C23H29N5O2S. The number of carbonyl (C=O) groups is 1. The maximum Gasteiger partial charge on any atom is 0.227 e. The second-order valence-corrected chi connectivity index (χ2v) is 9.57. The van der Waals surface area contributed by atoms with Crippen molar-refractivity contribution >= 4 is 22.4 Å². The number of rotatable bonds is 7. The number of amides is 1. The van der Waals surface area contributed by atoms with Crippen LogP contribution in [0.5, 0.6) is 0 Å². The summed E-state index contributed by atoms with van der Waals surface area (Å²) in [5, 5.41) is 9.58. The van der Waals surface area contributed by atoms with Gasteiger partial charge in [-0.2, -0.15) is 4.98 Å². The van der Waals surface area contributed by atoms with Crippen molar-refractivity contribution in [3.63, 3.8) is 0 Å². The lowest BCUT2D eigenvalue weighted by atomic mass is 9.92. The highest BCUT2D eigenvalue weighted by molar-refractivity contribution is 7.13. The van der Waals surface area contributed by atoms with E-state index in [1.807, 2.05) is 36.6 Å². The van der Waals surface area contributed by atoms with E-state index < -0.39 is 0 Å². The fraction of sp³-hybridized carbons (Fsp3) is 0.478. The average Bonchev–Trinajstić information content (AvgIpc) is 3.36. The minimum atomic E-state index is -0.101. The maximum absolute atomic E-state index is 12.3. The van der Waals surface area contributed by atoms with Crippen molar-refractivity contribution in [3.05, 3.63) is 46.8 Å². The molecule has 164 valence electrons. The molecule has 0 unspecified atom stereocenters. The fourth-order valence-corrected chi connectivity index (χ4v) is 4.88. The molecule has 4 rings (SSSR count). The van der Waals surface area contributed by atoms with Crippen LogP contribution in [-0.2, 0) is 17.8 Å². The summed E-state index contributed by atoms with van der Waals surface area (Å²) in [5.41, 5.74) is 3.09. The molecule has 0 aliphatic carbocycles. The van der Waals surface area contributed by atoms with Gasteiger partial charge in [-0.15, -0.1) is 11.3 Å². The quantitative estimate of drug-likeness (QED) is 0.581. The van der Waals surface area contributed by atoms with Crippen LogP contribution < -0.4 is 5.32 Å². The highest BCUT2D eigenvalue weighted by atomic mass is 32.1. The van der Waals surface area contributed by atoms with Crippen molar-refractivity contribution in [2.45, 2.75) is 46.6 Å². The van der Waals surface area contributed by atoms with Gasteiger partial charge in [0.25, 0.3) is 0 Å². The van der Waals surface area contributed by atoms with Crippen molar-refractivity contribution in [1.29, 1.82) is 0 Å². The van der Waals surface area contributed by atoms with Gasteiger partial charge in [0.2, 0.25) is 17.6 Å². The summed E-state index contributed by atoms with van der Waals surface area (Å²) >= 11 is 1.47. The molecule has 3 aromatic rings. The number of hydrogen-bond acceptors (Lipinski definition) is 7. The smallest absolute Gasteiger partial charge is 0.227 e. The predicted molar refractivity (Wildman–Crippen MR) is 122 cm³/mol.